The van der Waals surface area contributed by atoms with Crippen LogP contribution in [0.4, 0.5) is 16.2 Å². The lowest BCUT2D eigenvalue weighted by molar-refractivity contribution is 0.139. The van der Waals surface area contributed by atoms with Crippen molar-refractivity contribution in [3.05, 3.63) is 80.8 Å². The maximum Gasteiger partial charge on any atom is 0.326 e. The zero-order chi connectivity index (χ0) is 25.4. The highest BCUT2D eigenvalue weighted by atomic mass is 35.5. The molecule has 1 saturated heterocycles. The lowest BCUT2D eigenvalue weighted by atomic mass is 9.87. The van der Waals surface area contributed by atoms with Crippen LogP contribution in [0.25, 0.3) is 11.1 Å². The van der Waals surface area contributed by atoms with Crippen LogP contribution in [-0.4, -0.2) is 30.1 Å². The van der Waals surface area contributed by atoms with E-state index in [0.29, 0.717) is 39.3 Å². The fraction of sp³-hybridized carbons (Fsp3) is 0.345. The maximum absolute atomic E-state index is 13.3. The molecule has 1 unspecified atom stereocenters. The number of piperidine rings is 1. The molecule has 2 amide bonds. The monoisotopic (exact) mass is 541 g/mol. The summed E-state index contributed by atoms with van der Waals surface area (Å²) in [7, 11) is 0. The summed E-state index contributed by atoms with van der Waals surface area (Å²) in [6.07, 6.45) is 3.33. The van der Waals surface area contributed by atoms with Crippen molar-refractivity contribution >= 4 is 52.2 Å². The predicted octanol–water partition coefficient (Wildman–Crippen LogP) is 8.34. The first kappa shape index (κ1) is 25.4. The number of para-hydroxylation sites is 1. The van der Waals surface area contributed by atoms with Gasteiger partial charge in [-0.3, -0.25) is 4.90 Å². The van der Waals surface area contributed by atoms with E-state index < -0.39 is 0 Å². The molecule has 0 aromatic heterocycles. The Kier molecular flexibility index (Phi) is 7.50. The number of hydrogen-bond acceptors (Lipinski definition) is 2. The van der Waals surface area contributed by atoms with Crippen LogP contribution in [0.15, 0.2) is 54.6 Å². The van der Waals surface area contributed by atoms with Gasteiger partial charge in [0.25, 0.3) is 0 Å². The van der Waals surface area contributed by atoms with E-state index in [0.717, 1.165) is 41.9 Å². The van der Waals surface area contributed by atoms with Crippen LogP contribution >= 0.6 is 34.8 Å². The van der Waals surface area contributed by atoms with Crippen LogP contribution in [0.1, 0.15) is 37.8 Å². The number of likely N-dealkylation sites (tertiary alicyclic amines) is 1. The number of benzene rings is 3. The van der Waals surface area contributed by atoms with E-state index in [1.807, 2.05) is 24.3 Å². The zero-order valence-electron chi connectivity index (χ0n) is 20.5. The fourth-order valence-corrected chi connectivity index (χ4v) is 6.29. The van der Waals surface area contributed by atoms with E-state index >= 15 is 0 Å². The van der Waals surface area contributed by atoms with Crippen molar-refractivity contribution in [3.8, 4) is 11.1 Å². The third-order valence-corrected chi connectivity index (χ3v) is 8.22. The average Bonchev–Trinajstić information content (AvgIpc) is 2.85. The molecule has 2 aliphatic rings. The highest BCUT2D eigenvalue weighted by molar-refractivity contribution is 6.40. The molecule has 188 valence electrons. The van der Waals surface area contributed by atoms with Crippen molar-refractivity contribution in [2.45, 2.75) is 45.7 Å². The molecule has 5 rings (SSSR count). The summed E-state index contributed by atoms with van der Waals surface area (Å²) in [4.78, 5) is 17.4. The van der Waals surface area contributed by atoms with Crippen molar-refractivity contribution in [2.75, 3.05) is 18.0 Å². The Bertz CT molecular complexity index is 1270. The Labute approximate surface area is 228 Å². The first-order chi connectivity index (χ1) is 17.3. The molecule has 4 nitrogen and oxygen atoms in total. The van der Waals surface area contributed by atoms with Crippen molar-refractivity contribution in [1.82, 2.24) is 10.2 Å². The molecule has 1 atom stereocenters. The number of hydrogen-bond donors (Lipinski definition) is 1. The number of halogens is 3. The number of rotatable bonds is 5. The van der Waals surface area contributed by atoms with Gasteiger partial charge in [-0.1, -0.05) is 65.1 Å². The van der Waals surface area contributed by atoms with Crippen LogP contribution in [0.5, 0.6) is 0 Å². The van der Waals surface area contributed by atoms with E-state index in [1.165, 1.54) is 18.4 Å². The van der Waals surface area contributed by atoms with Gasteiger partial charge in [-0.15, -0.1) is 0 Å². The van der Waals surface area contributed by atoms with Crippen molar-refractivity contribution in [1.29, 1.82) is 0 Å². The first-order valence-corrected chi connectivity index (χ1v) is 13.6. The second-order valence-corrected chi connectivity index (χ2v) is 11.2. The smallest absolute Gasteiger partial charge is 0.326 e. The van der Waals surface area contributed by atoms with Gasteiger partial charge >= 0.3 is 6.03 Å². The zero-order valence-corrected chi connectivity index (χ0v) is 22.8. The third-order valence-electron chi connectivity index (χ3n) is 7.28. The number of fused-ring (bicyclic) bond motifs is 1. The van der Waals surface area contributed by atoms with E-state index in [2.05, 4.69) is 36.2 Å². The maximum atomic E-state index is 13.3. The van der Waals surface area contributed by atoms with Gasteiger partial charge < -0.3 is 10.2 Å². The minimum absolute atomic E-state index is 0.247. The Morgan fingerprint density at radius 1 is 0.972 bits per heavy atom. The van der Waals surface area contributed by atoms with Crippen LogP contribution in [0.2, 0.25) is 15.1 Å². The summed E-state index contributed by atoms with van der Waals surface area (Å²) >= 11 is 19.9. The van der Waals surface area contributed by atoms with Gasteiger partial charge in [0.2, 0.25) is 0 Å². The van der Waals surface area contributed by atoms with Gasteiger partial charge in [0.15, 0.2) is 0 Å². The largest absolute Gasteiger partial charge is 0.333 e. The Morgan fingerprint density at radius 3 is 2.42 bits per heavy atom. The number of urea groups is 1. The number of nitrogens with zero attached hydrogens (tertiary/aromatic N) is 2. The van der Waals surface area contributed by atoms with Crippen molar-refractivity contribution in [2.24, 2.45) is 5.92 Å². The molecule has 0 radical (unpaired) electrons. The molecule has 0 saturated carbocycles. The van der Waals surface area contributed by atoms with Crippen LogP contribution in [0.3, 0.4) is 0 Å². The molecule has 3 aromatic rings. The molecule has 0 aliphatic carbocycles. The standard InChI is InChI=1S/C29H30Cl3N3O/c1-18(2)34-12-6-7-19(17-34)13-20-14-22(21-8-3-4-9-24(21)30)23-16-33-29(36)35(27(23)15-20)28-25(31)10-5-11-26(28)32/h3-5,8-11,14-15,18-19H,6-7,12-13,16-17H2,1-2H3,(H,33,36). The Balaban J connectivity index is 1.65. The third kappa shape index (κ3) is 4.97. The molecular weight excluding hydrogens is 513 g/mol. The molecule has 1 N–H and O–H groups in total. The molecule has 0 spiro atoms. The van der Waals surface area contributed by atoms with E-state index in [4.69, 9.17) is 34.8 Å². The predicted molar refractivity (Wildman–Crippen MR) is 151 cm³/mol. The number of anilines is 2. The number of amides is 2. The van der Waals surface area contributed by atoms with Crippen LogP contribution in [0, 0.1) is 5.92 Å². The molecule has 0 bridgehead atoms. The van der Waals surface area contributed by atoms with Gasteiger partial charge in [0.1, 0.15) is 0 Å². The topological polar surface area (TPSA) is 35.6 Å². The summed E-state index contributed by atoms with van der Waals surface area (Å²) in [5, 5.41) is 4.54. The molecule has 2 aliphatic heterocycles. The summed E-state index contributed by atoms with van der Waals surface area (Å²) in [6, 6.07) is 17.8. The minimum atomic E-state index is -0.247. The molecule has 3 aromatic carbocycles. The summed E-state index contributed by atoms with van der Waals surface area (Å²) in [6.45, 7) is 7.16. The highest BCUT2D eigenvalue weighted by Gasteiger charge is 2.32. The van der Waals surface area contributed by atoms with Crippen molar-refractivity contribution < 1.29 is 4.79 Å². The van der Waals surface area contributed by atoms with Gasteiger partial charge in [0.05, 0.1) is 21.4 Å². The lowest BCUT2D eigenvalue weighted by Gasteiger charge is -2.36. The average molecular weight is 543 g/mol. The molecule has 36 heavy (non-hydrogen) atoms. The normalized spacial score (nSPS) is 18.3. The van der Waals surface area contributed by atoms with Crippen LogP contribution in [-0.2, 0) is 13.0 Å². The minimum Gasteiger partial charge on any atom is -0.333 e. The molecule has 7 heteroatoms. The van der Waals surface area contributed by atoms with Gasteiger partial charge in [0, 0.05) is 35.3 Å². The summed E-state index contributed by atoms with van der Waals surface area (Å²) < 4.78 is 0. The highest BCUT2D eigenvalue weighted by Crippen LogP contribution is 2.45. The van der Waals surface area contributed by atoms with E-state index in [9.17, 15) is 4.79 Å². The molecule has 1 fully saturated rings. The Hall–Kier alpha value is -2.24. The quantitative estimate of drug-likeness (QED) is 0.352. The lowest BCUT2D eigenvalue weighted by Crippen LogP contribution is -2.42. The fourth-order valence-electron chi connectivity index (χ4n) is 5.48. The molecular formula is C29H30Cl3N3O. The van der Waals surface area contributed by atoms with E-state index in [-0.39, 0.29) is 6.03 Å². The molecule has 2 heterocycles. The second kappa shape index (κ2) is 10.6. The summed E-state index contributed by atoms with van der Waals surface area (Å²) in [5.41, 5.74) is 5.45. The van der Waals surface area contributed by atoms with Crippen LogP contribution < -0.4 is 10.2 Å². The van der Waals surface area contributed by atoms with Gasteiger partial charge in [-0.25, -0.2) is 4.79 Å². The number of carbonyl (C=O) groups is 1. The van der Waals surface area contributed by atoms with Gasteiger partial charge in [-0.05, 0) is 81.0 Å². The SMILES string of the molecule is CC(C)N1CCCC(Cc2cc(-c3ccccc3Cl)c3c(c2)N(c2c(Cl)cccc2Cl)C(=O)NC3)C1. The van der Waals surface area contributed by atoms with Crippen molar-refractivity contribution in [3.63, 3.8) is 0 Å². The number of nitrogens with one attached hydrogen (secondary N) is 1. The second-order valence-electron chi connectivity index (χ2n) is 9.99. The van der Waals surface area contributed by atoms with E-state index in [1.54, 1.807) is 23.1 Å². The van der Waals surface area contributed by atoms with Gasteiger partial charge in [-0.2, -0.15) is 0 Å². The number of carbonyl (C=O) groups excluding carboxylic acids is 1. The summed E-state index contributed by atoms with van der Waals surface area (Å²) in [5.74, 6) is 0.549. The Morgan fingerprint density at radius 2 is 1.69 bits per heavy atom. The first-order valence-electron chi connectivity index (χ1n) is 12.5.